The fraction of sp³-hybridized carbons (Fsp3) is 0.615. The Bertz CT molecular complexity index is 453. The summed E-state index contributed by atoms with van der Waals surface area (Å²) in [7, 11) is 0. The second-order valence-electron chi connectivity index (χ2n) is 4.80. The van der Waals surface area contributed by atoms with Crippen molar-refractivity contribution in [3.63, 3.8) is 0 Å². The number of hydrogen-bond acceptors (Lipinski definition) is 4. The van der Waals surface area contributed by atoms with Gasteiger partial charge in [0.05, 0.1) is 18.8 Å². The topological polar surface area (TPSA) is 47.6 Å². The third-order valence-electron chi connectivity index (χ3n) is 3.59. The Balaban J connectivity index is 1.78. The highest BCUT2D eigenvalue weighted by Gasteiger charge is 2.53. The summed E-state index contributed by atoms with van der Waals surface area (Å²) in [6.45, 7) is 2.95. The quantitative estimate of drug-likeness (QED) is 0.916. The summed E-state index contributed by atoms with van der Waals surface area (Å²) in [4.78, 5) is 13.0. The van der Waals surface area contributed by atoms with E-state index < -0.39 is 0 Å². The zero-order valence-corrected chi connectivity index (χ0v) is 11.2. The molecule has 0 radical (unpaired) electrons. The summed E-state index contributed by atoms with van der Waals surface area (Å²) in [5.41, 5.74) is 1.02. The Kier molecular flexibility index (Phi) is 3.03. The molecule has 1 N–H and O–H groups in total. The third kappa shape index (κ3) is 2.01. The summed E-state index contributed by atoms with van der Waals surface area (Å²) < 4.78 is 10.9. The lowest BCUT2D eigenvalue weighted by molar-refractivity contribution is 0.00766. The van der Waals surface area contributed by atoms with Gasteiger partial charge in [-0.2, -0.15) is 0 Å². The number of carbonyl (C=O) groups is 1. The number of rotatable bonds is 3. The summed E-state index contributed by atoms with van der Waals surface area (Å²) in [5.74, 6) is 0. The van der Waals surface area contributed by atoms with E-state index in [1.807, 2.05) is 6.92 Å². The molecule has 0 spiro atoms. The van der Waals surface area contributed by atoms with E-state index in [0.717, 1.165) is 25.9 Å². The molecule has 0 saturated heterocycles. The predicted octanol–water partition coefficient (Wildman–Crippen LogP) is 2.64. The van der Waals surface area contributed by atoms with Gasteiger partial charge >= 0.3 is 6.09 Å². The lowest BCUT2D eigenvalue weighted by Gasteiger charge is -2.31. The molecule has 1 aliphatic carbocycles. The molecular weight excluding hydrogens is 250 g/mol. The maximum absolute atomic E-state index is 11.6. The van der Waals surface area contributed by atoms with Gasteiger partial charge in [0.25, 0.3) is 0 Å². The smallest absolute Gasteiger partial charge is 0.407 e. The average Bonchev–Trinajstić information content (AvgIpc) is 2.96. The fourth-order valence-corrected chi connectivity index (χ4v) is 3.45. The van der Waals surface area contributed by atoms with E-state index in [1.165, 1.54) is 10.4 Å². The molecule has 1 aromatic heterocycles. The van der Waals surface area contributed by atoms with Crippen LogP contribution < -0.4 is 5.32 Å². The maximum Gasteiger partial charge on any atom is 0.407 e. The van der Waals surface area contributed by atoms with Gasteiger partial charge in [-0.25, -0.2) is 4.79 Å². The third-order valence-corrected chi connectivity index (χ3v) is 4.59. The number of hydrogen-bond donors (Lipinski definition) is 1. The normalized spacial score (nSPS) is 24.2. The second kappa shape index (κ2) is 4.55. The molecule has 1 saturated carbocycles. The van der Waals surface area contributed by atoms with E-state index >= 15 is 0 Å². The van der Waals surface area contributed by atoms with Gasteiger partial charge in [0.1, 0.15) is 6.10 Å². The first-order valence-corrected chi connectivity index (χ1v) is 7.26. The monoisotopic (exact) mass is 267 g/mol. The molecule has 1 unspecified atom stereocenters. The van der Waals surface area contributed by atoms with Crippen molar-refractivity contribution in [3.05, 3.63) is 21.9 Å². The van der Waals surface area contributed by atoms with Crippen LogP contribution in [-0.2, 0) is 15.9 Å². The van der Waals surface area contributed by atoms with Crippen molar-refractivity contribution in [2.75, 3.05) is 13.2 Å². The molecule has 2 heterocycles. The fourth-order valence-electron chi connectivity index (χ4n) is 2.56. The largest absolute Gasteiger partial charge is 0.450 e. The van der Waals surface area contributed by atoms with Crippen molar-refractivity contribution in [1.82, 2.24) is 5.32 Å². The number of carbonyl (C=O) groups excluding carboxylic acids is 1. The summed E-state index contributed by atoms with van der Waals surface area (Å²) in [6, 6.07) is 2.12. The van der Waals surface area contributed by atoms with Gasteiger partial charge in [0, 0.05) is 11.3 Å². The van der Waals surface area contributed by atoms with E-state index in [1.54, 1.807) is 11.3 Å². The van der Waals surface area contributed by atoms with Gasteiger partial charge in [-0.3, -0.25) is 0 Å². The van der Waals surface area contributed by atoms with Crippen LogP contribution in [0.15, 0.2) is 11.4 Å². The Labute approximate surface area is 110 Å². The van der Waals surface area contributed by atoms with E-state index in [-0.39, 0.29) is 17.7 Å². The van der Waals surface area contributed by atoms with Crippen LogP contribution in [0.1, 0.15) is 36.3 Å². The Morgan fingerprint density at radius 2 is 2.50 bits per heavy atom. The van der Waals surface area contributed by atoms with Crippen LogP contribution in [0, 0.1) is 0 Å². The van der Waals surface area contributed by atoms with Crippen molar-refractivity contribution < 1.29 is 14.3 Å². The number of thiophene rings is 1. The molecular formula is C13H17NO3S. The number of fused-ring (bicyclic) bond motifs is 1. The minimum absolute atomic E-state index is 0.00286. The standard InChI is InChI=1S/C13H17NO3S/c1-2-16-12(15)14-13(5-6-13)11-9-4-8-18-10(9)3-7-17-11/h4,8,11H,2-3,5-7H2,1H3,(H,14,15). The predicted molar refractivity (Wildman–Crippen MR) is 68.8 cm³/mol. The van der Waals surface area contributed by atoms with Crippen LogP contribution in [-0.4, -0.2) is 24.8 Å². The SMILES string of the molecule is CCOC(=O)NC1(C2OCCc3sccc32)CC1. The highest BCUT2D eigenvalue weighted by molar-refractivity contribution is 7.10. The number of ether oxygens (including phenoxy) is 2. The van der Waals surface area contributed by atoms with Crippen LogP contribution in [0.3, 0.4) is 0 Å². The van der Waals surface area contributed by atoms with E-state index in [2.05, 4.69) is 16.8 Å². The van der Waals surface area contributed by atoms with Crippen LogP contribution in [0.25, 0.3) is 0 Å². The molecule has 1 aliphatic heterocycles. The van der Waals surface area contributed by atoms with E-state index in [0.29, 0.717) is 6.61 Å². The van der Waals surface area contributed by atoms with Crippen LogP contribution in [0.2, 0.25) is 0 Å². The molecule has 1 aromatic rings. The van der Waals surface area contributed by atoms with Crippen LogP contribution in [0.5, 0.6) is 0 Å². The summed E-state index contributed by atoms with van der Waals surface area (Å²) >= 11 is 1.78. The van der Waals surface area contributed by atoms with Crippen molar-refractivity contribution in [2.45, 2.75) is 37.8 Å². The van der Waals surface area contributed by atoms with Crippen LogP contribution in [0.4, 0.5) is 4.79 Å². The molecule has 1 fully saturated rings. The molecule has 1 atom stereocenters. The molecule has 18 heavy (non-hydrogen) atoms. The number of alkyl carbamates (subject to hydrolysis) is 1. The van der Waals surface area contributed by atoms with Gasteiger partial charge in [0.15, 0.2) is 0 Å². The molecule has 2 aliphatic rings. The zero-order valence-electron chi connectivity index (χ0n) is 10.4. The lowest BCUT2D eigenvalue weighted by Crippen LogP contribution is -2.44. The summed E-state index contributed by atoms with van der Waals surface area (Å²) in [5, 5.41) is 5.09. The molecule has 1 amide bonds. The summed E-state index contributed by atoms with van der Waals surface area (Å²) in [6.07, 6.45) is 2.58. The van der Waals surface area contributed by atoms with Crippen molar-refractivity contribution >= 4 is 17.4 Å². The average molecular weight is 267 g/mol. The number of amides is 1. The highest BCUT2D eigenvalue weighted by Crippen LogP contribution is 2.50. The molecule has 0 aromatic carbocycles. The Hall–Kier alpha value is -1.07. The maximum atomic E-state index is 11.6. The molecule has 4 nitrogen and oxygen atoms in total. The lowest BCUT2D eigenvalue weighted by atomic mass is 9.98. The minimum Gasteiger partial charge on any atom is -0.450 e. The van der Waals surface area contributed by atoms with E-state index in [9.17, 15) is 4.79 Å². The Morgan fingerprint density at radius 3 is 3.22 bits per heavy atom. The van der Waals surface area contributed by atoms with Gasteiger partial charge in [-0.15, -0.1) is 11.3 Å². The first kappa shape index (κ1) is 12.0. The number of nitrogens with one attached hydrogen (secondary N) is 1. The highest BCUT2D eigenvalue weighted by atomic mass is 32.1. The van der Waals surface area contributed by atoms with Crippen LogP contribution >= 0.6 is 11.3 Å². The molecule has 3 rings (SSSR count). The first-order valence-electron chi connectivity index (χ1n) is 6.38. The van der Waals surface area contributed by atoms with Crippen molar-refractivity contribution in [3.8, 4) is 0 Å². The zero-order chi connectivity index (χ0) is 12.6. The van der Waals surface area contributed by atoms with E-state index in [4.69, 9.17) is 9.47 Å². The van der Waals surface area contributed by atoms with Gasteiger partial charge in [0.2, 0.25) is 0 Å². The first-order chi connectivity index (χ1) is 8.75. The minimum atomic E-state index is -0.332. The van der Waals surface area contributed by atoms with Crippen molar-refractivity contribution in [1.29, 1.82) is 0 Å². The van der Waals surface area contributed by atoms with Gasteiger partial charge in [-0.05, 0) is 36.8 Å². The van der Waals surface area contributed by atoms with Crippen molar-refractivity contribution in [2.24, 2.45) is 0 Å². The Morgan fingerprint density at radius 1 is 1.67 bits per heavy atom. The second-order valence-corrected chi connectivity index (χ2v) is 5.80. The molecule has 98 valence electrons. The molecule has 5 heteroatoms. The van der Waals surface area contributed by atoms with Gasteiger partial charge < -0.3 is 14.8 Å². The molecule has 0 bridgehead atoms. The van der Waals surface area contributed by atoms with Gasteiger partial charge in [-0.1, -0.05) is 0 Å².